The fraction of sp³-hybridized carbons (Fsp3) is 0.0500. The standard InChI is InChI=1S/C20H15NO/c1-14-6-11-20-18(12-14)17-4-2-3-5-19(17)21(20)16-9-7-15(13-22)8-10-16/h2-13H,1H3. The second-order valence-corrected chi connectivity index (χ2v) is 5.58. The molecule has 0 saturated heterocycles. The number of aryl methyl sites for hydroxylation is 1. The van der Waals surface area contributed by atoms with Crippen LogP contribution in [0.15, 0.2) is 66.7 Å². The Hall–Kier alpha value is -2.87. The van der Waals surface area contributed by atoms with Crippen molar-refractivity contribution < 1.29 is 4.79 Å². The van der Waals surface area contributed by atoms with Crippen LogP contribution in [0.1, 0.15) is 15.9 Å². The van der Waals surface area contributed by atoms with Gasteiger partial charge in [-0.25, -0.2) is 0 Å². The summed E-state index contributed by atoms with van der Waals surface area (Å²) < 4.78 is 2.25. The number of hydrogen-bond acceptors (Lipinski definition) is 1. The molecule has 0 fully saturated rings. The minimum absolute atomic E-state index is 0.695. The molecule has 4 aromatic rings. The lowest BCUT2D eigenvalue weighted by Crippen LogP contribution is -1.94. The molecule has 0 aliphatic carbocycles. The van der Waals surface area contributed by atoms with Crippen LogP contribution in [0.4, 0.5) is 0 Å². The van der Waals surface area contributed by atoms with Crippen molar-refractivity contribution in [1.29, 1.82) is 0 Å². The Kier molecular flexibility index (Phi) is 2.83. The summed E-state index contributed by atoms with van der Waals surface area (Å²) in [6, 6.07) is 22.7. The molecule has 0 N–H and O–H groups in total. The van der Waals surface area contributed by atoms with Crippen molar-refractivity contribution in [1.82, 2.24) is 4.57 Å². The summed E-state index contributed by atoms with van der Waals surface area (Å²) in [4.78, 5) is 10.9. The van der Waals surface area contributed by atoms with Gasteiger partial charge in [0.25, 0.3) is 0 Å². The van der Waals surface area contributed by atoms with Crippen LogP contribution in [-0.2, 0) is 0 Å². The van der Waals surface area contributed by atoms with Crippen LogP contribution in [0.2, 0.25) is 0 Å². The zero-order chi connectivity index (χ0) is 15.1. The molecule has 106 valence electrons. The molecule has 0 spiro atoms. The van der Waals surface area contributed by atoms with Gasteiger partial charge in [-0.15, -0.1) is 0 Å². The van der Waals surface area contributed by atoms with Gasteiger partial charge in [-0.2, -0.15) is 0 Å². The lowest BCUT2D eigenvalue weighted by Gasteiger charge is -2.08. The summed E-state index contributed by atoms with van der Waals surface area (Å²) in [5, 5.41) is 2.51. The normalized spacial score (nSPS) is 11.1. The van der Waals surface area contributed by atoms with Gasteiger partial charge in [-0.3, -0.25) is 4.79 Å². The quantitative estimate of drug-likeness (QED) is 0.480. The number of aromatic nitrogens is 1. The van der Waals surface area contributed by atoms with E-state index < -0.39 is 0 Å². The topological polar surface area (TPSA) is 22.0 Å². The lowest BCUT2D eigenvalue weighted by atomic mass is 10.1. The molecular formula is C20H15NO. The molecular weight excluding hydrogens is 270 g/mol. The number of aldehydes is 1. The average molecular weight is 285 g/mol. The molecule has 2 nitrogen and oxygen atoms in total. The number of rotatable bonds is 2. The van der Waals surface area contributed by atoms with E-state index >= 15 is 0 Å². The van der Waals surface area contributed by atoms with Crippen LogP contribution in [0.25, 0.3) is 27.5 Å². The molecule has 3 aromatic carbocycles. The van der Waals surface area contributed by atoms with Crippen LogP contribution in [0, 0.1) is 6.92 Å². The SMILES string of the molecule is Cc1ccc2c(c1)c1ccccc1n2-c1ccc(C=O)cc1. The molecule has 0 unspecified atom stereocenters. The van der Waals surface area contributed by atoms with Crippen molar-refractivity contribution in [3.63, 3.8) is 0 Å². The Morgan fingerprint density at radius 3 is 2.32 bits per heavy atom. The van der Waals surface area contributed by atoms with E-state index in [1.54, 1.807) is 0 Å². The smallest absolute Gasteiger partial charge is 0.150 e. The second kappa shape index (κ2) is 4.85. The highest BCUT2D eigenvalue weighted by atomic mass is 16.1. The van der Waals surface area contributed by atoms with Crippen molar-refractivity contribution in [2.75, 3.05) is 0 Å². The molecule has 22 heavy (non-hydrogen) atoms. The van der Waals surface area contributed by atoms with Gasteiger partial charge in [-0.1, -0.05) is 29.8 Å². The third-order valence-corrected chi connectivity index (χ3v) is 4.12. The summed E-state index contributed by atoms with van der Waals surface area (Å²) >= 11 is 0. The molecule has 0 bridgehead atoms. The van der Waals surface area contributed by atoms with Crippen LogP contribution >= 0.6 is 0 Å². The predicted molar refractivity (Wildman–Crippen MR) is 90.9 cm³/mol. The van der Waals surface area contributed by atoms with Crippen LogP contribution in [0.3, 0.4) is 0 Å². The van der Waals surface area contributed by atoms with Gasteiger partial charge in [0.05, 0.1) is 11.0 Å². The maximum Gasteiger partial charge on any atom is 0.150 e. The number of fused-ring (bicyclic) bond motifs is 3. The van der Waals surface area contributed by atoms with Crippen molar-refractivity contribution in [2.45, 2.75) is 6.92 Å². The van der Waals surface area contributed by atoms with Crippen molar-refractivity contribution in [3.8, 4) is 5.69 Å². The summed E-state index contributed by atoms with van der Waals surface area (Å²) in [7, 11) is 0. The molecule has 0 aliphatic heterocycles. The largest absolute Gasteiger partial charge is 0.309 e. The molecule has 0 aliphatic rings. The minimum atomic E-state index is 0.695. The van der Waals surface area contributed by atoms with E-state index in [4.69, 9.17) is 0 Å². The van der Waals surface area contributed by atoms with Gasteiger partial charge in [0.1, 0.15) is 6.29 Å². The first kappa shape index (κ1) is 12.8. The fourth-order valence-corrected chi connectivity index (χ4v) is 3.07. The zero-order valence-electron chi connectivity index (χ0n) is 12.3. The second-order valence-electron chi connectivity index (χ2n) is 5.58. The van der Waals surface area contributed by atoms with E-state index in [1.165, 1.54) is 27.4 Å². The van der Waals surface area contributed by atoms with E-state index in [9.17, 15) is 4.79 Å². The first-order valence-corrected chi connectivity index (χ1v) is 7.33. The van der Waals surface area contributed by atoms with Gasteiger partial charge in [-0.05, 0) is 49.4 Å². The Labute approximate surface area is 128 Å². The molecule has 0 radical (unpaired) electrons. The zero-order valence-corrected chi connectivity index (χ0v) is 12.3. The number of nitrogens with zero attached hydrogens (tertiary/aromatic N) is 1. The van der Waals surface area contributed by atoms with E-state index in [1.807, 2.05) is 24.3 Å². The van der Waals surface area contributed by atoms with Crippen LogP contribution < -0.4 is 0 Å². The minimum Gasteiger partial charge on any atom is -0.309 e. The molecule has 4 rings (SSSR count). The number of carbonyl (C=O) groups excluding carboxylic acids is 1. The number of para-hydroxylation sites is 1. The summed E-state index contributed by atoms with van der Waals surface area (Å²) in [6.45, 7) is 2.12. The van der Waals surface area contributed by atoms with Crippen LogP contribution in [-0.4, -0.2) is 10.9 Å². The lowest BCUT2D eigenvalue weighted by molar-refractivity contribution is 0.112. The highest BCUT2D eigenvalue weighted by molar-refractivity contribution is 6.09. The number of benzene rings is 3. The van der Waals surface area contributed by atoms with E-state index in [2.05, 4.69) is 54.0 Å². The molecule has 1 aromatic heterocycles. The molecule has 0 amide bonds. The van der Waals surface area contributed by atoms with Gasteiger partial charge in [0.15, 0.2) is 0 Å². The highest BCUT2D eigenvalue weighted by Gasteiger charge is 2.11. The van der Waals surface area contributed by atoms with Gasteiger partial charge < -0.3 is 4.57 Å². The first-order valence-electron chi connectivity index (χ1n) is 7.33. The fourth-order valence-electron chi connectivity index (χ4n) is 3.07. The molecule has 0 atom stereocenters. The van der Waals surface area contributed by atoms with E-state index in [0.717, 1.165) is 12.0 Å². The summed E-state index contributed by atoms with van der Waals surface area (Å²) in [5.74, 6) is 0. The van der Waals surface area contributed by atoms with Gasteiger partial charge >= 0.3 is 0 Å². The molecule has 2 heteroatoms. The monoisotopic (exact) mass is 285 g/mol. The van der Waals surface area contributed by atoms with Crippen molar-refractivity contribution in [3.05, 3.63) is 77.9 Å². The van der Waals surface area contributed by atoms with Gasteiger partial charge in [0, 0.05) is 22.0 Å². The highest BCUT2D eigenvalue weighted by Crippen LogP contribution is 2.32. The maximum absolute atomic E-state index is 10.9. The number of carbonyl (C=O) groups is 1. The van der Waals surface area contributed by atoms with E-state index in [-0.39, 0.29) is 0 Å². The van der Waals surface area contributed by atoms with Crippen molar-refractivity contribution in [2.24, 2.45) is 0 Å². The van der Waals surface area contributed by atoms with E-state index in [0.29, 0.717) is 5.56 Å². The Morgan fingerprint density at radius 2 is 1.55 bits per heavy atom. The maximum atomic E-state index is 10.9. The molecule has 0 saturated carbocycles. The summed E-state index contributed by atoms with van der Waals surface area (Å²) in [5.41, 5.74) is 5.39. The number of hydrogen-bond donors (Lipinski definition) is 0. The average Bonchev–Trinajstić information content (AvgIpc) is 2.89. The third kappa shape index (κ3) is 1.85. The Balaban J connectivity index is 2.11. The predicted octanol–water partition coefficient (Wildman–Crippen LogP) is 4.90. The Bertz CT molecular complexity index is 994. The third-order valence-electron chi connectivity index (χ3n) is 4.12. The summed E-state index contributed by atoms with van der Waals surface area (Å²) in [6.07, 6.45) is 0.874. The first-order chi connectivity index (χ1) is 10.8. The Morgan fingerprint density at radius 1 is 0.818 bits per heavy atom. The van der Waals surface area contributed by atoms with Crippen molar-refractivity contribution >= 4 is 28.1 Å². The molecule has 1 heterocycles. The van der Waals surface area contributed by atoms with Crippen LogP contribution in [0.5, 0.6) is 0 Å². The van der Waals surface area contributed by atoms with Gasteiger partial charge in [0.2, 0.25) is 0 Å².